The first kappa shape index (κ1) is 18.9. The van der Waals surface area contributed by atoms with Gasteiger partial charge in [0.05, 0.1) is 11.3 Å². The molecule has 0 aliphatic carbocycles. The lowest BCUT2D eigenvalue weighted by molar-refractivity contribution is -0.137. The van der Waals surface area contributed by atoms with E-state index < -0.39 is 17.5 Å². The van der Waals surface area contributed by atoms with Crippen molar-refractivity contribution in [3.63, 3.8) is 0 Å². The van der Waals surface area contributed by atoms with Gasteiger partial charge in [-0.2, -0.15) is 13.2 Å². The van der Waals surface area contributed by atoms with Gasteiger partial charge in [0, 0.05) is 24.4 Å². The minimum Gasteiger partial charge on any atom is -0.289 e. The van der Waals surface area contributed by atoms with Crippen molar-refractivity contribution in [1.82, 2.24) is 4.98 Å². The van der Waals surface area contributed by atoms with Gasteiger partial charge in [-0.1, -0.05) is 12.1 Å². The summed E-state index contributed by atoms with van der Waals surface area (Å²) >= 11 is 1.27. The van der Waals surface area contributed by atoms with E-state index in [1.807, 2.05) is 6.92 Å². The van der Waals surface area contributed by atoms with Crippen LogP contribution in [0.1, 0.15) is 35.5 Å². The number of hydrogen-bond acceptors (Lipinski definition) is 4. The summed E-state index contributed by atoms with van der Waals surface area (Å²) in [5.74, 6) is -0.560. The van der Waals surface area contributed by atoms with Crippen LogP contribution >= 0.6 is 11.3 Å². The number of amides is 1. The maximum Gasteiger partial charge on any atom is 0.416 e. The van der Waals surface area contributed by atoms with Gasteiger partial charge in [-0.3, -0.25) is 14.5 Å². The Bertz CT molecular complexity index is 795. The summed E-state index contributed by atoms with van der Waals surface area (Å²) in [6.45, 7) is 3.75. The van der Waals surface area contributed by atoms with E-state index in [0.717, 1.165) is 24.3 Å². The highest BCUT2D eigenvalue weighted by molar-refractivity contribution is 7.14. The third-order valence-corrected chi connectivity index (χ3v) is 4.22. The van der Waals surface area contributed by atoms with Gasteiger partial charge in [0.15, 0.2) is 10.9 Å². The SMILES string of the molecule is CCN(C(C)=O)c1nc(C=CC(=O)c2ccc(C(F)(F)F)cc2)cs1. The zero-order chi connectivity index (χ0) is 18.6. The van der Waals surface area contributed by atoms with Crippen LogP contribution in [0.2, 0.25) is 0 Å². The molecule has 25 heavy (non-hydrogen) atoms. The molecule has 0 aliphatic rings. The van der Waals surface area contributed by atoms with Gasteiger partial charge in [-0.05, 0) is 31.2 Å². The van der Waals surface area contributed by atoms with Gasteiger partial charge in [0.1, 0.15) is 0 Å². The molecule has 0 saturated carbocycles. The highest BCUT2D eigenvalue weighted by Crippen LogP contribution is 2.29. The Balaban J connectivity index is 2.10. The van der Waals surface area contributed by atoms with E-state index in [1.165, 1.54) is 35.3 Å². The number of carbonyl (C=O) groups is 2. The Labute approximate surface area is 146 Å². The fraction of sp³-hybridized carbons (Fsp3) is 0.235. The summed E-state index contributed by atoms with van der Waals surface area (Å²) in [5.41, 5.74) is -0.153. The first-order valence-electron chi connectivity index (χ1n) is 7.35. The Morgan fingerprint density at radius 2 is 1.88 bits per heavy atom. The zero-order valence-electron chi connectivity index (χ0n) is 13.5. The molecule has 0 unspecified atom stereocenters. The summed E-state index contributed by atoms with van der Waals surface area (Å²) in [6.07, 6.45) is -1.73. The lowest BCUT2D eigenvalue weighted by Crippen LogP contribution is -2.27. The lowest BCUT2D eigenvalue weighted by atomic mass is 10.1. The van der Waals surface area contributed by atoms with E-state index in [1.54, 1.807) is 5.38 Å². The molecule has 0 N–H and O–H groups in total. The van der Waals surface area contributed by atoms with Gasteiger partial charge >= 0.3 is 6.18 Å². The minimum atomic E-state index is -4.43. The highest BCUT2D eigenvalue weighted by Gasteiger charge is 2.30. The lowest BCUT2D eigenvalue weighted by Gasteiger charge is -2.14. The quantitative estimate of drug-likeness (QED) is 0.579. The number of anilines is 1. The highest BCUT2D eigenvalue weighted by atomic mass is 32.1. The molecule has 1 aromatic heterocycles. The summed E-state index contributed by atoms with van der Waals surface area (Å²) in [7, 11) is 0. The van der Waals surface area contributed by atoms with Gasteiger partial charge in [0.25, 0.3) is 0 Å². The summed E-state index contributed by atoms with van der Waals surface area (Å²) in [6, 6.07) is 4.01. The van der Waals surface area contributed by atoms with Crippen molar-refractivity contribution in [1.29, 1.82) is 0 Å². The van der Waals surface area contributed by atoms with Crippen LogP contribution in [-0.2, 0) is 11.0 Å². The second kappa shape index (κ2) is 7.60. The van der Waals surface area contributed by atoms with Crippen molar-refractivity contribution < 1.29 is 22.8 Å². The fourth-order valence-corrected chi connectivity index (χ4v) is 2.95. The predicted molar refractivity (Wildman–Crippen MR) is 90.6 cm³/mol. The van der Waals surface area contributed by atoms with E-state index in [4.69, 9.17) is 0 Å². The van der Waals surface area contributed by atoms with Crippen LogP contribution < -0.4 is 4.90 Å². The average molecular weight is 368 g/mol. The largest absolute Gasteiger partial charge is 0.416 e. The molecule has 4 nitrogen and oxygen atoms in total. The van der Waals surface area contributed by atoms with Gasteiger partial charge < -0.3 is 0 Å². The topological polar surface area (TPSA) is 50.3 Å². The number of thiazole rings is 1. The van der Waals surface area contributed by atoms with Gasteiger partial charge in [0.2, 0.25) is 5.91 Å². The number of halogens is 3. The first-order valence-corrected chi connectivity index (χ1v) is 8.23. The molecule has 1 aromatic carbocycles. The van der Waals surface area contributed by atoms with E-state index in [2.05, 4.69) is 4.98 Å². The minimum absolute atomic E-state index is 0.131. The third kappa shape index (κ3) is 4.76. The monoisotopic (exact) mass is 368 g/mol. The molecule has 8 heteroatoms. The van der Waals surface area contributed by atoms with E-state index >= 15 is 0 Å². The number of benzene rings is 1. The Kier molecular flexibility index (Phi) is 5.73. The molecule has 0 aliphatic heterocycles. The van der Waals surface area contributed by atoms with Crippen LogP contribution in [0.3, 0.4) is 0 Å². The van der Waals surface area contributed by atoms with Crippen molar-refractivity contribution in [2.45, 2.75) is 20.0 Å². The number of rotatable bonds is 5. The molecule has 0 saturated heterocycles. The molecule has 0 spiro atoms. The van der Waals surface area contributed by atoms with Crippen molar-refractivity contribution in [3.8, 4) is 0 Å². The van der Waals surface area contributed by atoms with Crippen LogP contribution in [0.25, 0.3) is 6.08 Å². The van der Waals surface area contributed by atoms with Crippen molar-refractivity contribution in [3.05, 3.63) is 52.5 Å². The molecule has 0 fully saturated rings. The molecule has 1 heterocycles. The molecule has 2 aromatic rings. The number of alkyl halides is 3. The number of carbonyl (C=O) groups excluding carboxylic acids is 2. The Hall–Kier alpha value is -2.48. The molecular weight excluding hydrogens is 353 g/mol. The number of ketones is 1. The second-order valence-corrected chi connectivity index (χ2v) is 5.93. The number of nitrogens with zero attached hydrogens (tertiary/aromatic N) is 2. The molecule has 132 valence electrons. The fourth-order valence-electron chi connectivity index (χ4n) is 2.05. The smallest absolute Gasteiger partial charge is 0.289 e. The van der Waals surface area contributed by atoms with Crippen molar-refractivity contribution in [2.24, 2.45) is 0 Å². The van der Waals surface area contributed by atoms with E-state index in [0.29, 0.717) is 17.4 Å². The maximum absolute atomic E-state index is 12.5. The number of aromatic nitrogens is 1. The number of hydrogen-bond donors (Lipinski definition) is 0. The molecule has 0 radical (unpaired) electrons. The van der Waals surface area contributed by atoms with Gasteiger partial charge in [-0.25, -0.2) is 4.98 Å². The number of allylic oxidation sites excluding steroid dienone is 1. The van der Waals surface area contributed by atoms with Crippen molar-refractivity contribution in [2.75, 3.05) is 11.4 Å². The summed E-state index contributed by atoms with van der Waals surface area (Å²) < 4.78 is 37.5. The van der Waals surface area contributed by atoms with E-state index in [-0.39, 0.29) is 11.5 Å². The van der Waals surface area contributed by atoms with Crippen LogP contribution in [0.5, 0.6) is 0 Å². The maximum atomic E-state index is 12.5. The molecular formula is C17H15F3N2O2S. The van der Waals surface area contributed by atoms with E-state index in [9.17, 15) is 22.8 Å². The molecule has 0 bridgehead atoms. The normalized spacial score (nSPS) is 11.7. The Morgan fingerprint density at radius 1 is 1.24 bits per heavy atom. The van der Waals surface area contributed by atoms with Crippen LogP contribution in [0.4, 0.5) is 18.3 Å². The second-order valence-electron chi connectivity index (χ2n) is 5.09. The summed E-state index contributed by atoms with van der Waals surface area (Å²) in [4.78, 5) is 29.3. The van der Waals surface area contributed by atoms with Crippen LogP contribution in [0.15, 0.2) is 35.7 Å². The predicted octanol–water partition coefficient (Wildman–Crippen LogP) is 4.43. The molecule has 1 amide bonds. The third-order valence-electron chi connectivity index (χ3n) is 3.34. The average Bonchev–Trinajstić information content (AvgIpc) is 3.01. The van der Waals surface area contributed by atoms with Crippen molar-refractivity contribution >= 4 is 34.2 Å². The molecule has 2 rings (SSSR count). The Morgan fingerprint density at radius 3 is 2.40 bits per heavy atom. The van der Waals surface area contributed by atoms with Crippen LogP contribution in [0, 0.1) is 0 Å². The zero-order valence-corrected chi connectivity index (χ0v) is 14.3. The first-order chi connectivity index (χ1) is 11.7. The summed E-state index contributed by atoms with van der Waals surface area (Å²) in [5, 5.41) is 2.22. The standard InChI is InChI=1S/C17H15F3N2O2S/c1-3-22(11(2)23)16-21-14(10-25-16)8-9-15(24)12-4-6-13(7-5-12)17(18,19)20/h4-10H,3H2,1-2H3. The molecule has 0 atom stereocenters. The van der Waals surface area contributed by atoms with Crippen LogP contribution in [-0.4, -0.2) is 23.2 Å². The van der Waals surface area contributed by atoms with Gasteiger partial charge in [-0.15, -0.1) is 11.3 Å².